The molecule has 1 amide bonds. The molecule has 1 saturated heterocycles. The van der Waals surface area contributed by atoms with Gasteiger partial charge in [-0.25, -0.2) is 0 Å². The third kappa shape index (κ3) is 4.77. The Morgan fingerprint density at radius 3 is 2.43 bits per heavy atom. The van der Waals surface area contributed by atoms with E-state index >= 15 is 0 Å². The molecule has 1 aliphatic carbocycles. The first-order valence-corrected chi connectivity index (χ1v) is 11.4. The molecule has 4 nitrogen and oxygen atoms in total. The highest BCUT2D eigenvalue weighted by Gasteiger charge is 2.27. The minimum atomic E-state index is -0.274. The summed E-state index contributed by atoms with van der Waals surface area (Å²) < 4.78 is 0. The maximum Gasteiger partial charge on any atom is 0.219 e. The van der Waals surface area contributed by atoms with Gasteiger partial charge in [-0.3, -0.25) is 9.69 Å². The van der Waals surface area contributed by atoms with Crippen molar-refractivity contribution in [3.63, 3.8) is 0 Å². The van der Waals surface area contributed by atoms with E-state index in [0.717, 1.165) is 51.2 Å². The lowest BCUT2D eigenvalue weighted by atomic mass is 9.88. The van der Waals surface area contributed by atoms with Crippen LogP contribution >= 0.6 is 0 Å². The topological polar surface area (TPSA) is 43.8 Å². The van der Waals surface area contributed by atoms with Gasteiger partial charge in [-0.15, -0.1) is 0 Å². The molecular formula is C24H36N2O2. The van der Waals surface area contributed by atoms with Gasteiger partial charge in [0.2, 0.25) is 5.91 Å². The molecule has 3 aliphatic rings. The largest absolute Gasteiger partial charge is 0.393 e. The molecule has 1 saturated carbocycles. The van der Waals surface area contributed by atoms with Crippen molar-refractivity contribution in [3.8, 4) is 0 Å². The number of hydrogen-bond donors (Lipinski definition) is 1. The second-order valence-electron chi connectivity index (χ2n) is 9.27. The Bertz CT molecular complexity index is 677. The Balaban J connectivity index is 1.28. The highest BCUT2D eigenvalue weighted by atomic mass is 16.3. The minimum absolute atomic E-state index is 0.180. The van der Waals surface area contributed by atoms with Crippen LogP contribution in [0.1, 0.15) is 62.1 Å². The van der Waals surface area contributed by atoms with E-state index in [2.05, 4.69) is 23.1 Å². The van der Waals surface area contributed by atoms with Crippen LogP contribution in [0.4, 0.5) is 0 Å². The Hall–Kier alpha value is -1.39. The molecule has 2 fully saturated rings. The summed E-state index contributed by atoms with van der Waals surface area (Å²) in [6, 6.07) is 7.75. The molecule has 1 aromatic rings. The fourth-order valence-electron chi connectivity index (χ4n) is 5.26. The third-order valence-electron chi connectivity index (χ3n) is 7.34. The molecule has 1 aromatic carbocycles. The zero-order valence-corrected chi connectivity index (χ0v) is 17.4. The highest BCUT2D eigenvalue weighted by Crippen LogP contribution is 2.28. The van der Waals surface area contributed by atoms with Gasteiger partial charge in [0.05, 0.1) is 6.10 Å². The fraction of sp³-hybridized carbons (Fsp3) is 0.708. The van der Waals surface area contributed by atoms with Crippen molar-refractivity contribution in [3.05, 3.63) is 34.9 Å². The van der Waals surface area contributed by atoms with Crippen molar-refractivity contribution in [2.24, 2.45) is 5.92 Å². The molecule has 0 spiro atoms. The summed E-state index contributed by atoms with van der Waals surface area (Å²) in [5.74, 6) is 0.724. The number of carbonyl (C=O) groups excluding carboxylic acids is 1. The smallest absolute Gasteiger partial charge is 0.219 e. The molecule has 4 rings (SSSR count). The van der Waals surface area contributed by atoms with Crippen LogP contribution in [-0.2, 0) is 24.1 Å². The van der Waals surface area contributed by atoms with Crippen molar-refractivity contribution in [2.45, 2.75) is 76.9 Å². The number of fused-ring (bicyclic) bond motifs is 1. The quantitative estimate of drug-likeness (QED) is 0.848. The first kappa shape index (κ1) is 19.9. The van der Waals surface area contributed by atoms with Gasteiger partial charge >= 0.3 is 0 Å². The number of amides is 1. The van der Waals surface area contributed by atoms with E-state index in [-0.39, 0.29) is 12.0 Å². The molecule has 0 bridgehead atoms. The van der Waals surface area contributed by atoms with Crippen molar-refractivity contribution >= 4 is 5.91 Å². The molecule has 2 heterocycles. The van der Waals surface area contributed by atoms with Crippen LogP contribution in [0.15, 0.2) is 18.2 Å². The lowest BCUT2D eigenvalue weighted by Crippen LogP contribution is -2.41. The van der Waals surface area contributed by atoms with Crippen LogP contribution in [0.25, 0.3) is 0 Å². The molecule has 0 aromatic heterocycles. The second-order valence-corrected chi connectivity index (χ2v) is 9.27. The number of benzene rings is 1. The second kappa shape index (κ2) is 8.96. The average molecular weight is 385 g/mol. The van der Waals surface area contributed by atoms with Crippen molar-refractivity contribution < 1.29 is 9.90 Å². The third-order valence-corrected chi connectivity index (χ3v) is 7.34. The van der Waals surface area contributed by atoms with Gasteiger partial charge in [-0.2, -0.15) is 0 Å². The monoisotopic (exact) mass is 384 g/mol. The van der Waals surface area contributed by atoms with Gasteiger partial charge in [-0.05, 0) is 74.0 Å². The molecule has 1 N–H and O–H groups in total. The van der Waals surface area contributed by atoms with E-state index in [4.69, 9.17) is 0 Å². The highest BCUT2D eigenvalue weighted by molar-refractivity contribution is 5.73. The van der Waals surface area contributed by atoms with Crippen molar-refractivity contribution in [1.29, 1.82) is 0 Å². The molecule has 0 radical (unpaired) electrons. The van der Waals surface area contributed by atoms with E-state index in [1.807, 2.05) is 4.90 Å². The molecule has 154 valence electrons. The van der Waals surface area contributed by atoms with Gasteiger partial charge in [0.1, 0.15) is 0 Å². The molecular weight excluding hydrogens is 348 g/mol. The predicted octanol–water partition coefficient (Wildman–Crippen LogP) is 3.19. The first-order chi connectivity index (χ1) is 13.6. The molecule has 2 aliphatic heterocycles. The summed E-state index contributed by atoms with van der Waals surface area (Å²) in [6.07, 6.45) is 9.90. The number of rotatable bonds is 5. The number of aliphatic hydroxyl groups excluding tert-OH is 1. The number of carbonyl (C=O) groups is 1. The fourth-order valence-corrected chi connectivity index (χ4v) is 5.26. The van der Waals surface area contributed by atoms with Gasteiger partial charge in [0.15, 0.2) is 0 Å². The Kier molecular flexibility index (Phi) is 6.37. The van der Waals surface area contributed by atoms with Crippen LogP contribution in [0, 0.1) is 5.92 Å². The molecule has 4 heteroatoms. The summed E-state index contributed by atoms with van der Waals surface area (Å²) in [5, 5.41) is 10.7. The number of likely N-dealkylation sites (tertiary alicyclic amines) is 1. The van der Waals surface area contributed by atoms with E-state index in [0.29, 0.717) is 5.92 Å². The Morgan fingerprint density at radius 2 is 1.79 bits per heavy atom. The number of aliphatic hydroxyl groups is 1. The lowest BCUT2D eigenvalue weighted by molar-refractivity contribution is -0.130. The number of nitrogens with zero attached hydrogens (tertiary/aromatic N) is 2. The van der Waals surface area contributed by atoms with Gasteiger partial charge in [0, 0.05) is 39.1 Å². The summed E-state index contributed by atoms with van der Waals surface area (Å²) in [6.45, 7) is 5.75. The van der Waals surface area contributed by atoms with Crippen LogP contribution in [0.3, 0.4) is 0 Å². The maximum absolute atomic E-state index is 11.5. The Labute approximate surface area is 169 Å². The summed E-state index contributed by atoms with van der Waals surface area (Å²) >= 11 is 0. The summed E-state index contributed by atoms with van der Waals surface area (Å²) in [4.78, 5) is 16.1. The van der Waals surface area contributed by atoms with E-state index in [1.54, 1.807) is 6.92 Å². The molecule has 1 unspecified atom stereocenters. The number of piperidine rings is 1. The van der Waals surface area contributed by atoms with Crippen molar-refractivity contribution in [2.75, 3.05) is 26.2 Å². The van der Waals surface area contributed by atoms with E-state index in [9.17, 15) is 9.90 Å². The predicted molar refractivity (Wildman–Crippen MR) is 112 cm³/mol. The Morgan fingerprint density at radius 1 is 1.07 bits per heavy atom. The number of hydrogen-bond acceptors (Lipinski definition) is 3. The average Bonchev–Trinajstić information content (AvgIpc) is 2.83. The zero-order chi connectivity index (χ0) is 19.5. The SMILES string of the molecule is CC(=O)N1CCC(CC(O)Cc2ccc3c(c2)CCN(C2CCC2)CC3)CC1. The van der Waals surface area contributed by atoms with Crippen LogP contribution < -0.4 is 0 Å². The first-order valence-electron chi connectivity index (χ1n) is 11.4. The van der Waals surface area contributed by atoms with Gasteiger partial charge in [-0.1, -0.05) is 24.6 Å². The molecule has 28 heavy (non-hydrogen) atoms. The van der Waals surface area contributed by atoms with Crippen LogP contribution in [-0.4, -0.2) is 59.1 Å². The van der Waals surface area contributed by atoms with Gasteiger partial charge in [0.25, 0.3) is 0 Å². The van der Waals surface area contributed by atoms with E-state index < -0.39 is 0 Å². The molecule has 1 atom stereocenters. The zero-order valence-electron chi connectivity index (χ0n) is 17.4. The summed E-state index contributed by atoms with van der Waals surface area (Å²) in [7, 11) is 0. The lowest BCUT2D eigenvalue weighted by Gasteiger charge is -2.36. The van der Waals surface area contributed by atoms with Crippen LogP contribution in [0.5, 0.6) is 0 Å². The standard InChI is InChI=1S/C24H36N2O2/c1-18(27)25-11-7-19(8-12-25)16-24(28)17-20-5-6-21-9-13-26(23-3-2-4-23)14-10-22(21)15-20/h5-6,15,19,23-24,28H,2-4,7-14,16-17H2,1H3. The van der Waals surface area contributed by atoms with E-state index in [1.165, 1.54) is 55.5 Å². The maximum atomic E-state index is 11.5. The normalized spacial score (nSPS) is 23.0. The van der Waals surface area contributed by atoms with Gasteiger partial charge < -0.3 is 10.0 Å². The van der Waals surface area contributed by atoms with Crippen molar-refractivity contribution in [1.82, 2.24) is 9.80 Å². The van der Waals surface area contributed by atoms with Crippen LogP contribution in [0.2, 0.25) is 0 Å². The minimum Gasteiger partial charge on any atom is -0.393 e. The summed E-state index contributed by atoms with van der Waals surface area (Å²) in [5.41, 5.74) is 4.29.